The molecule has 14 heavy (non-hydrogen) atoms. The minimum atomic E-state index is -0.545. The highest BCUT2D eigenvalue weighted by Gasteiger charge is 2.28. The molecule has 2 N–H and O–H groups in total. The molecule has 1 aliphatic carbocycles. The highest BCUT2D eigenvalue weighted by molar-refractivity contribution is 7.85. The average Bonchev–Trinajstić information content (AvgIpc) is 3.00. The van der Waals surface area contributed by atoms with E-state index in [4.69, 9.17) is 5.73 Å². The number of nitrogens with zero attached hydrogens (tertiary/aromatic N) is 1. The van der Waals surface area contributed by atoms with E-state index in [1.807, 2.05) is 0 Å². The summed E-state index contributed by atoms with van der Waals surface area (Å²) in [5, 5.41) is 0. The van der Waals surface area contributed by atoms with Crippen LogP contribution in [0.1, 0.15) is 19.3 Å². The van der Waals surface area contributed by atoms with Gasteiger partial charge in [0.2, 0.25) is 0 Å². The Kier molecular flexibility index (Phi) is 3.57. The largest absolute Gasteiger partial charge is 0.327 e. The van der Waals surface area contributed by atoms with Gasteiger partial charge in [0.15, 0.2) is 0 Å². The van der Waals surface area contributed by atoms with Crippen LogP contribution in [0.4, 0.5) is 0 Å². The second kappa shape index (κ2) is 4.73. The molecule has 82 valence electrons. The monoisotopic (exact) mass is 216 g/mol. The summed E-state index contributed by atoms with van der Waals surface area (Å²) in [5.41, 5.74) is 6.04. The molecule has 1 heterocycles. The van der Waals surface area contributed by atoms with Crippen LogP contribution in [0, 0.1) is 5.92 Å². The summed E-state index contributed by atoms with van der Waals surface area (Å²) in [6.07, 6.45) is 3.80. The molecule has 2 rings (SSSR count). The maximum absolute atomic E-state index is 11.1. The van der Waals surface area contributed by atoms with Crippen LogP contribution >= 0.6 is 0 Å². The summed E-state index contributed by atoms with van der Waals surface area (Å²) in [4.78, 5) is 2.41. The van der Waals surface area contributed by atoms with Crippen molar-refractivity contribution in [2.75, 3.05) is 31.1 Å². The van der Waals surface area contributed by atoms with Gasteiger partial charge in [-0.3, -0.25) is 4.21 Å². The summed E-state index contributed by atoms with van der Waals surface area (Å²) < 4.78 is 11.1. The molecule has 1 saturated heterocycles. The van der Waals surface area contributed by atoms with Crippen molar-refractivity contribution in [2.24, 2.45) is 11.7 Å². The van der Waals surface area contributed by atoms with Gasteiger partial charge in [0.25, 0.3) is 0 Å². The maximum Gasteiger partial charge on any atom is 0.0363 e. The highest BCUT2D eigenvalue weighted by atomic mass is 32.2. The van der Waals surface area contributed by atoms with Gasteiger partial charge in [-0.05, 0) is 31.7 Å². The molecule has 3 nitrogen and oxygen atoms in total. The Hall–Kier alpha value is 0.0700. The SMILES string of the molecule is NC(CCN1CCS(=O)CC1)C1CC1. The Morgan fingerprint density at radius 2 is 2.00 bits per heavy atom. The number of hydrogen-bond acceptors (Lipinski definition) is 3. The molecule has 1 unspecified atom stereocenters. The van der Waals surface area contributed by atoms with Crippen LogP contribution in [0.2, 0.25) is 0 Å². The predicted octanol–water partition coefficient (Wildman–Crippen LogP) is 0.178. The van der Waals surface area contributed by atoms with E-state index in [9.17, 15) is 4.21 Å². The van der Waals surface area contributed by atoms with Crippen molar-refractivity contribution in [1.29, 1.82) is 0 Å². The molecule has 0 bridgehead atoms. The van der Waals surface area contributed by atoms with E-state index in [0.717, 1.165) is 43.5 Å². The first-order valence-electron chi connectivity index (χ1n) is 5.58. The smallest absolute Gasteiger partial charge is 0.0363 e. The molecule has 0 spiro atoms. The van der Waals surface area contributed by atoms with Crippen LogP contribution in [0.5, 0.6) is 0 Å². The summed E-state index contributed by atoms with van der Waals surface area (Å²) in [5.74, 6) is 2.53. The van der Waals surface area contributed by atoms with Crippen molar-refractivity contribution in [2.45, 2.75) is 25.3 Å². The second-order valence-corrected chi connectivity index (χ2v) is 6.18. The van der Waals surface area contributed by atoms with Gasteiger partial charge in [-0.15, -0.1) is 0 Å². The Labute approximate surface area is 88.5 Å². The van der Waals surface area contributed by atoms with Crippen LogP contribution in [0.15, 0.2) is 0 Å². The van der Waals surface area contributed by atoms with Crippen LogP contribution in [-0.4, -0.2) is 46.3 Å². The summed E-state index contributed by atoms with van der Waals surface area (Å²) in [7, 11) is -0.545. The van der Waals surface area contributed by atoms with E-state index >= 15 is 0 Å². The van der Waals surface area contributed by atoms with Crippen LogP contribution in [0.3, 0.4) is 0 Å². The quantitative estimate of drug-likeness (QED) is 0.729. The van der Waals surface area contributed by atoms with Crippen molar-refractivity contribution in [3.8, 4) is 0 Å². The third-order valence-electron chi connectivity index (χ3n) is 3.28. The third kappa shape index (κ3) is 3.04. The van der Waals surface area contributed by atoms with Gasteiger partial charge in [0, 0.05) is 41.4 Å². The zero-order valence-corrected chi connectivity index (χ0v) is 9.47. The van der Waals surface area contributed by atoms with E-state index in [0.29, 0.717) is 6.04 Å². The Morgan fingerprint density at radius 3 is 2.57 bits per heavy atom. The van der Waals surface area contributed by atoms with Gasteiger partial charge in [-0.25, -0.2) is 0 Å². The van der Waals surface area contributed by atoms with Crippen LogP contribution in [-0.2, 0) is 10.8 Å². The molecule has 0 amide bonds. The predicted molar refractivity (Wildman–Crippen MR) is 59.6 cm³/mol. The standard InChI is InChI=1S/C10H20N2OS/c11-10(9-1-2-9)3-4-12-5-7-14(13)8-6-12/h9-10H,1-8,11H2. The molecule has 1 aliphatic heterocycles. The highest BCUT2D eigenvalue weighted by Crippen LogP contribution is 2.32. The van der Waals surface area contributed by atoms with E-state index in [1.165, 1.54) is 12.8 Å². The lowest BCUT2D eigenvalue weighted by atomic mass is 10.1. The number of hydrogen-bond donors (Lipinski definition) is 1. The first-order valence-corrected chi connectivity index (χ1v) is 7.07. The Bertz CT molecular complexity index is 208. The molecule has 2 fully saturated rings. The Morgan fingerprint density at radius 1 is 1.36 bits per heavy atom. The molecular weight excluding hydrogens is 196 g/mol. The molecular formula is C10H20N2OS. The summed E-state index contributed by atoms with van der Waals surface area (Å²) in [6, 6.07) is 0.419. The van der Waals surface area contributed by atoms with Crippen molar-refractivity contribution >= 4 is 10.8 Å². The van der Waals surface area contributed by atoms with Gasteiger partial charge in [0.1, 0.15) is 0 Å². The zero-order chi connectivity index (χ0) is 9.97. The fourth-order valence-electron chi connectivity index (χ4n) is 1.99. The average molecular weight is 216 g/mol. The van der Waals surface area contributed by atoms with Crippen LogP contribution in [0.25, 0.3) is 0 Å². The molecule has 0 aromatic rings. The van der Waals surface area contributed by atoms with Crippen LogP contribution < -0.4 is 5.73 Å². The second-order valence-electron chi connectivity index (χ2n) is 4.48. The lowest BCUT2D eigenvalue weighted by Gasteiger charge is -2.27. The van der Waals surface area contributed by atoms with Gasteiger partial charge in [-0.2, -0.15) is 0 Å². The minimum Gasteiger partial charge on any atom is -0.327 e. The third-order valence-corrected chi connectivity index (χ3v) is 4.55. The van der Waals surface area contributed by atoms with Crippen molar-refractivity contribution in [3.63, 3.8) is 0 Å². The van der Waals surface area contributed by atoms with Gasteiger partial charge < -0.3 is 10.6 Å². The normalized spacial score (nSPS) is 27.8. The molecule has 1 saturated carbocycles. The zero-order valence-electron chi connectivity index (χ0n) is 8.65. The van der Waals surface area contributed by atoms with Crippen molar-refractivity contribution < 1.29 is 4.21 Å². The number of rotatable bonds is 4. The lowest BCUT2D eigenvalue weighted by molar-refractivity contribution is 0.282. The van der Waals surface area contributed by atoms with E-state index in [1.54, 1.807) is 0 Å². The lowest BCUT2D eigenvalue weighted by Crippen LogP contribution is -2.40. The Balaban J connectivity index is 1.62. The summed E-state index contributed by atoms with van der Waals surface area (Å²) >= 11 is 0. The van der Waals surface area contributed by atoms with E-state index in [-0.39, 0.29) is 0 Å². The topological polar surface area (TPSA) is 46.3 Å². The van der Waals surface area contributed by atoms with Crippen molar-refractivity contribution in [1.82, 2.24) is 4.90 Å². The summed E-state index contributed by atoms with van der Waals surface area (Å²) in [6.45, 7) is 3.11. The maximum atomic E-state index is 11.1. The van der Waals surface area contributed by atoms with E-state index in [2.05, 4.69) is 4.90 Å². The number of nitrogens with two attached hydrogens (primary N) is 1. The van der Waals surface area contributed by atoms with Crippen molar-refractivity contribution in [3.05, 3.63) is 0 Å². The first-order chi connectivity index (χ1) is 6.75. The van der Waals surface area contributed by atoms with E-state index < -0.39 is 10.8 Å². The molecule has 2 aliphatic rings. The molecule has 4 heteroatoms. The van der Waals surface area contributed by atoms with Gasteiger partial charge in [-0.1, -0.05) is 0 Å². The molecule has 0 aromatic carbocycles. The van der Waals surface area contributed by atoms with Gasteiger partial charge in [0.05, 0.1) is 0 Å². The molecule has 0 radical (unpaired) electrons. The fourth-order valence-corrected chi connectivity index (χ4v) is 3.12. The molecule has 1 atom stereocenters. The first kappa shape index (κ1) is 10.6. The molecule has 0 aromatic heterocycles. The minimum absolute atomic E-state index is 0.419. The fraction of sp³-hybridized carbons (Fsp3) is 1.00. The van der Waals surface area contributed by atoms with Gasteiger partial charge >= 0.3 is 0 Å².